The van der Waals surface area contributed by atoms with E-state index in [2.05, 4.69) is 40.6 Å². The van der Waals surface area contributed by atoms with Crippen molar-refractivity contribution in [2.45, 2.75) is 44.9 Å². The molecule has 1 saturated carbocycles. The molecule has 2 aromatic rings. The maximum Gasteiger partial charge on any atom is 0.258 e. The predicted molar refractivity (Wildman–Crippen MR) is 82.3 cm³/mol. The van der Waals surface area contributed by atoms with Gasteiger partial charge in [-0.3, -0.25) is 0 Å². The van der Waals surface area contributed by atoms with E-state index in [4.69, 9.17) is 4.52 Å². The van der Waals surface area contributed by atoms with Crippen molar-refractivity contribution < 1.29 is 4.52 Å². The van der Waals surface area contributed by atoms with Crippen molar-refractivity contribution in [1.29, 1.82) is 0 Å². The van der Waals surface area contributed by atoms with E-state index in [9.17, 15) is 0 Å². The zero-order chi connectivity index (χ0) is 14.2. The Balaban J connectivity index is 1.57. The van der Waals surface area contributed by atoms with Crippen molar-refractivity contribution in [3.63, 3.8) is 0 Å². The second-order valence-electron chi connectivity index (χ2n) is 6.29. The van der Waals surface area contributed by atoms with E-state index in [-0.39, 0.29) is 0 Å². The van der Waals surface area contributed by atoms with Gasteiger partial charge in [0.2, 0.25) is 0 Å². The van der Waals surface area contributed by atoms with E-state index in [1.807, 2.05) is 0 Å². The summed E-state index contributed by atoms with van der Waals surface area (Å²) in [5, 5.41) is 7.63. The van der Waals surface area contributed by atoms with Crippen LogP contribution in [0.4, 0.5) is 5.69 Å². The molecule has 0 saturated heterocycles. The Morgan fingerprint density at radius 2 is 2.29 bits per heavy atom. The summed E-state index contributed by atoms with van der Waals surface area (Å²) < 4.78 is 5.50. The summed E-state index contributed by atoms with van der Waals surface area (Å²) in [6.45, 7) is 3.29. The van der Waals surface area contributed by atoms with Crippen molar-refractivity contribution in [3.05, 3.63) is 29.6 Å². The molecule has 4 heteroatoms. The lowest BCUT2D eigenvalue weighted by atomic mass is 10.0. The molecule has 0 spiro atoms. The smallest absolute Gasteiger partial charge is 0.258 e. The van der Waals surface area contributed by atoms with Crippen LogP contribution in [0.1, 0.15) is 49.9 Å². The molecule has 0 radical (unpaired) electrons. The number of anilines is 1. The number of aromatic nitrogens is 2. The van der Waals surface area contributed by atoms with Gasteiger partial charge in [0.1, 0.15) is 0 Å². The van der Waals surface area contributed by atoms with Crippen LogP contribution in [0, 0.1) is 5.92 Å². The van der Waals surface area contributed by atoms with Crippen LogP contribution in [0.2, 0.25) is 0 Å². The quantitative estimate of drug-likeness (QED) is 0.925. The fourth-order valence-corrected chi connectivity index (χ4v) is 3.62. The molecule has 0 bridgehead atoms. The van der Waals surface area contributed by atoms with Gasteiger partial charge in [-0.15, -0.1) is 0 Å². The summed E-state index contributed by atoms with van der Waals surface area (Å²) in [5.74, 6) is 2.87. The van der Waals surface area contributed by atoms with Gasteiger partial charge in [-0.05, 0) is 49.3 Å². The molecule has 1 aromatic heterocycles. The predicted octanol–water partition coefficient (Wildman–Crippen LogP) is 4.00. The van der Waals surface area contributed by atoms with Crippen LogP contribution >= 0.6 is 0 Å². The number of rotatable bonds is 3. The van der Waals surface area contributed by atoms with Crippen molar-refractivity contribution >= 4 is 5.69 Å². The first-order valence-corrected chi connectivity index (χ1v) is 8.04. The van der Waals surface area contributed by atoms with Gasteiger partial charge in [0.15, 0.2) is 5.82 Å². The maximum absolute atomic E-state index is 5.50. The van der Waals surface area contributed by atoms with Crippen molar-refractivity contribution in [1.82, 2.24) is 10.1 Å². The molecule has 1 aliphatic carbocycles. The molecule has 1 fully saturated rings. The van der Waals surface area contributed by atoms with E-state index >= 15 is 0 Å². The topological polar surface area (TPSA) is 51.0 Å². The zero-order valence-electron chi connectivity index (χ0n) is 12.4. The van der Waals surface area contributed by atoms with Crippen LogP contribution in [-0.4, -0.2) is 16.7 Å². The van der Waals surface area contributed by atoms with Gasteiger partial charge in [0.05, 0.1) is 0 Å². The fourth-order valence-electron chi connectivity index (χ4n) is 3.62. The van der Waals surface area contributed by atoms with Gasteiger partial charge < -0.3 is 9.84 Å². The Morgan fingerprint density at radius 1 is 1.33 bits per heavy atom. The largest absolute Gasteiger partial charge is 0.384 e. The maximum atomic E-state index is 5.50. The molecule has 1 aromatic carbocycles. The summed E-state index contributed by atoms with van der Waals surface area (Å²) in [7, 11) is 0. The van der Waals surface area contributed by atoms with Crippen LogP contribution in [0.3, 0.4) is 0 Å². The average Bonchev–Trinajstić information content (AvgIpc) is 3.24. The number of fused-ring (bicyclic) bond motifs is 1. The van der Waals surface area contributed by atoms with Crippen molar-refractivity contribution in [2.24, 2.45) is 5.92 Å². The van der Waals surface area contributed by atoms with Gasteiger partial charge in [0.25, 0.3) is 5.89 Å². The van der Waals surface area contributed by atoms with E-state index in [0.717, 1.165) is 30.3 Å². The van der Waals surface area contributed by atoms with Gasteiger partial charge in [-0.1, -0.05) is 24.6 Å². The monoisotopic (exact) mass is 283 g/mol. The summed E-state index contributed by atoms with van der Waals surface area (Å²) in [5.41, 5.74) is 3.60. The highest BCUT2D eigenvalue weighted by atomic mass is 16.5. The van der Waals surface area contributed by atoms with Crippen LogP contribution < -0.4 is 5.32 Å². The minimum atomic E-state index is 0.486. The normalized spacial score (nSPS) is 24.0. The van der Waals surface area contributed by atoms with Gasteiger partial charge in [0, 0.05) is 23.7 Å². The van der Waals surface area contributed by atoms with Crippen molar-refractivity contribution in [3.8, 4) is 11.5 Å². The zero-order valence-corrected chi connectivity index (χ0v) is 12.4. The van der Waals surface area contributed by atoms with Gasteiger partial charge >= 0.3 is 0 Å². The number of nitrogens with zero attached hydrogens (tertiary/aromatic N) is 2. The number of benzene rings is 1. The molecule has 110 valence electrons. The van der Waals surface area contributed by atoms with Crippen LogP contribution in [-0.2, 0) is 6.42 Å². The van der Waals surface area contributed by atoms with Crippen molar-refractivity contribution in [2.75, 3.05) is 11.9 Å². The highest BCUT2D eigenvalue weighted by molar-refractivity contribution is 5.66. The molecule has 21 heavy (non-hydrogen) atoms. The Labute approximate surface area is 124 Å². The highest BCUT2D eigenvalue weighted by Crippen LogP contribution is 2.39. The third-order valence-corrected chi connectivity index (χ3v) is 4.99. The lowest BCUT2D eigenvalue weighted by Crippen LogP contribution is -1.97. The third kappa shape index (κ3) is 2.33. The van der Waals surface area contributed by atoms with Gasteiger partial charge in [-0.2, -0.15) is 4.98 Å². The summed E-state index contributed by atoms with van der Waals surface area (Å²) in [6, 6.07) is 6.38. The van der Waals surface area contributed by atoms with E-state index in [1.54, 1.807) is 0 Å². The highest BCUT2D eigenvalue weighted by Gasteiger charge is 2.28. The molecule has 2 heterocycles. The Kier molecular flexibility index (Phi) is 3.17. The first-order valence-electron chi connectivity index (χ1n) is 8.04. The molecule has 0 amide bonds. The SMILES string of the molecule is CCC1CCC(c2noc(-c3ccc4c(c3)NCC4)n2)C1. The Morgan fingerprint density at radius 3 is 3.14 bits per heavy atom. The first kappa shape index (κ1) is 12.9. The molecule has 2 unspecified atom stereocenters. The molecular weight excluding hydrogens is 262 g/mol. The van der Waals surface area contributed by atoms with Crippen LogP contribution in [0.5, 0.6) is 0 Å². The number of nitrogens with one attached hydrogen (secondary N) is 1. The second kappa shape index (κ2) is 5.17. The lowest BCUT2D eigenvalue weighted by molar-refractivity contribution is 0.413. The molecule has 1 aliphatic heterocycles. The molecule has 2 aliphatic rings. The standard InChI is InChI=1S/C17H21N3O/c1-2-11-3-4-13(9-11)16-19-17(21-20-16)14-6-5-12-7-8-18-15(12)10-14/h5-6,10-11,13,18H,2-4,7-9H2,1H3. The first-order chi connectivity index (χ1) is 10.3. The van der Waals surface area contributed by atoms with Crippen LogP contribution in [0.15, 0.2) is 22.7 Å². The summed E-state index contributed by atoms with van der Waals surface area (Å²) in [6.07, 6.45) is 6.07. The third-order valence-electron chi connectivity index (χ3n) is 4.99. The Bertz CT molecular complexity index is 649. The fraction of sp³-hybridized carbons (Fsp3) is 0.529. The van der Waals surface area contributed by atoms with E-state index < -0.39 is 0 Å². The minimum Gasteiger partial charge on any atom is -0.384 e. The van der Waals surface area contributed by atoms with Gasteiger partial charge in [-0.25, -0.2) is 0 Å². The second-order valence-corrected chi connectivity index (χ2v) is 6.29. The van der Waals surface area contributed by atoms with E-state index in [1.165, 1.54) is 36.9 Å². The average molecular weight is 283 g/mol. The Hall–Kier alpha value is -1.84. The summed E-state index contributed by atoms with van der Waals surface area (Å²) in [4.78, 5) is 4.65. The van der Waals surface area contributed by atoms with E-state index in [0.29, 0.717) is 11.8 Å². The molecule has 4 rings (SSSR count). The molecule has 2 atom stereocenters. The number of hydrogen-bond acceptors (Lipinski definition) is 4. The number of hydrogen-bond donors (Lipinski definition) is 1. The lowest BCUT2D eigenvalue weighted by Gasteiger charge is -2.04. The van der Waals surface area contributed by atoms with Crippen LogP contribution in [0.25, 0.3) is 11.5 Å². The molecule has 4 nitrogen and oxygen atoms in total. The minimum absolute atomic E-state index is 0.486. The molecule has 1 N–H and O–H groups in total. The summed E-state index contributed by atoms with van der Waals surface area (Å²) >= 11 is 0. The molecular formula is C17H21N3O.